The third-order valence-electron chi connectivity index (χ3n) is 2.90. The molecule has 1 aromatic carbocycles. The van der Waals surface area contributed by atoms with E-state index in [1.165, 1.54) is 11.1 Å². The first-order valence-electron chi connectivity index (χ1n) is 5.72. The van der Waals surface area contributed by atoms with Crippen molar-refractivity contribution in [3.8, 4) is 11.5 Å². The molecular formula is C13H22N2O2. The molecule has 4 nitrogen and oxygen atoms in total. The Morgan fingerprint density at radius 1 is 1.12 bits per heavy atom. The summed E-state index contributed by atoms with van der Waals surface area (Å²) in [5.74, 6) is 1.54. The molecule has 0 aliphatic rings. The normalized spacial score (nSPS) is 12.3. The molecule has 0 heterocycles. The minimum Gasteiger partial charge on any atom is -0.493 e. The highest BCUT2D eigenvalue weighted by molar-refractivity contribution is 5.48. The summed E-state index contributed by atoms with van der Waals surface area (Å²) in [5.41, 5.74) is 2.41. The molecule has 17 heavy (non-hydrogen) atoms. The molecule has 4 heteroatoms. The topological polar surface area (TPSA) is 42.5 Å². The van der Waals surface area contributed by atoms with E-state index in [1.807, 2.05) is 26.2 Å². The minimum atomic E-state index is 0.264. The fraction of sp³-hybridized carbons (Fsp3) is 0.538. The minimum absolute atomic E-state index is 0.264. The van der Waals surface area contributed by atoms with E-state index in [-0.39, 0.29) is 6.04 Å². The number of benzene rings is 1. The molecule has 1 rings (SSSR count). The van der Waals surface area contributed by atoms with Gasteiger partial charge in [-0.1, -0.05) is 0 Å². The number of nitrogens with one attached hydrogen (secondary N) is 2. The Bertz CT molecular complexity index is 367. The predicted molar refractivity (Wildman–Crippen MR) is 70.0 cm³/mol. The van der Waals surface area contributed by atoms with E-state index in [1.54, 1.807) is 14.2 Å². The molecule has 2 N–H and O–H groups in total. The van der Waals surface area contributed by atoms with Crippen LogP contribution in [0.4, 0.5) is 0 Å². The standard InChI is InChI=1S/C13H22N2O2/c1-9-6-12(16-4)13(17-5)7-10(9)11(15-3)8-14-2/h6-7,11,14-15H,8H2,1-5H3. The summed E-state index contributed by atoms with van der Waals surface area (Å²) in [4.78, 5) is 0. The van der Waals surface area contributed by atoms with E-state index in [4.69, 9.17) is 9.47 Å². The van der Waals surface area contributed by atoms with Gasteiger partial charge < -0.3 is 20.1 Å². The molecule has 1 aromatic rings. The van der Waals surface area contributed by atoms with Gasteiger partial charge in [-0.3, -0.25) is 0 Å². The molecule has 1 unspecified atom stereocenters. The number of rotatable bonds is 6. The lowest BCUT2D eigenvalue weighted by Crippen LogP contribution is -2.27. The summed E-state index contributed by atoms with van der Waals surface area (Å²) >= 11 is 0. The fourth-order valence-electron chi connectivity index (χ4n) is 1.94. The van der Waals surface area contributed by atoms with Gasteiger partial charge in [-0.15, -0.1) is 0 Å². The van der Waals surface area contributed by atoms with Crippen molar-refractivity contribution in [2.24, 2.45) is 0 Å². The molecule has 0 fully saturated rings. The summed E-state index contributed by atoms with van der Waals surface area (Å²) in [6.45, 7) is 2.95. The quantitative estimate of drug-likeness (QED) is 0.788. The monoisotopic (exact) mass is 238 g/mol. The van der Waals surface area contributed by atoms with Gasteiger partial charge in [0.15, 0.2) is 11.5 Å². The van der Waals surface area contributed by atoms with Gasteiger partial charge in [-0.05, 0) is 44.3 Å². The second-order valence-corrected chi connectivity index (χ2v) is 3.96. The molecule has 96 valence electrons. The highest BCUT2D eigenvalue weighted by Gasteiger charge is 2.15. The maximum atomic E-state index is 5.33. The SMILES string of the molecule is CNCC(NC)c1cc(OC)c(OC)cc1C. The lowest BCUT2D eigenvalue weighted by molar-refractivity contribution is 0.353. The third-order valence-corrected chi connectivity index (χ3v) is 2.90. The van der Waals surface area contributed by atoms with Crippen LogP contribution in [0.1, 0.15) is 17.2 Å². The smallest absolute Gasteiger partial charge is 0.161 e. The van der Waals surface area contributed by atoms with Crippen molar-refractivity contribution >= 4 is 0 Å². The maximum absolute atomic E-state index is 5.33. The van der Waals surface area contributed by atoms with E-state index in [0.29, 0.717) is 0 Å². The zero-order chi connectivity index (χ0) is 12.8. The van der Waals surface area contributed by atoms with Gasteiger partial charge in [0.1, 0.15) is 0 Å². The molecule has 0 saturated carbocycles. The molecule has 0 saturated heterocycles. The fourth-order valence-corrected chi connectivity index (χ4v) is 1.94. The average molecular weight is 238 g/mol. The summed E-state index contributed by atoms with van der Waals surface area (Å²) < 4.78 is 10.6. The second-order valence-electron chi connectivity index (χ2n) is 3.96. The number of hydrogen-bond acceptors (Lipinski definition) is 4. The van der Waals surface area contributed by atoms with Crippen LogP contribution in [0, 0.1) is 6.92 Å². The summed E-state index contributed by atoms with van der Waals surface area (Å²) in [6.07, 6.45) is 0. The molecule has 0 bridgehead atoms. The largest absolute Gasteiger partial charge is 0.493 e. The van der Waals surface area contributed by atoms with Crippen molar-refractivity contribution < 1.29 is 9.47 Å². The van der Waals surface area contributed by atoms with E-state index in [2.05, 4.69) is 17.6 Å². The molecular weight excluding hydrogens is 216 g/mol. The average Bonchev–Trinajstić information content (AvgIpc) is 2.36. The first kappa shape index (κ1) is 13.8. The van der Waals surface area contributed by atoms with Crippen LogP contribution < -0.4 is 20.1 Å². The van der Waals surface area contributed by atoms with E-state index in [9.17, 15) is 0 Å². The van der Waals surface area contributed by atoms with Crippen molar-refractivity contribution in [1.82, 2.24) is 10.6 Å². The molecule has 0 amide bonds. The molecule has 0 radical (unpaired) electrons. The first-order valence-corrected chi connectivity index (χ1v) is 5.72. The van der Waals surface area contributed by atoms with Crippen molar-refractivity contribution in [2.45, 2.75) is 13.0 Å². The first-order chi connectivity index (χ1) is 8.17. The number of methoxy groups -OCH3 is 2. The zero-order valence-electron chi connectivity index (χ0n) is 11.3. The number of aryl methyl sites for hydroxylation is 1. The van der Waals surface area contributed by atoms with Gasteiger partial charge in [0, 0.05) is 12.6 Å². The second kappa shape index (κ2) is 6.47. The van der Waals surface area contributed by atoms with Crippen LogP contribution in [0.25, 0.3) is 0 Å². The van der Waals surface area contributed by atoms with Crippen LogP contribution in [-0.2, 0) is 0 Å². The number of likely N-dealkylation sites (N-methyl/N-ethyl adjacent to an activating group) is 2. The van der Waals surface area contributed by atoms with Gasteiger partial charge in [-0.2, -0.15) is 0 Å². The van der Waals surface area contributed by atoms with E-state index < -0.39 is 0 Å². The van der Waals surface area contributed by atoms with Gasteiger partial charge in [0.25, 0.3) is 0 Å². The number of ether oxygens (including phenoxy) is 2. The number of hydrogen-bond donors (Lipinski definition) is 2. The summed E-state index contributed by atoms with van der Waals surface area (Å²) in [6, 6.07) is 4.31. The van der Waals surface area contributed by atoms with Gasteiger partial charge >= 0.3 is 0 Å². The summed E-state index contributed by atoms with van der Waals surface area (Å²) in [7, 11) is 7.21. The van der Waals surface area contributed by atoms with E-state index >= 15 is 0 Å². The Hall–Kier alpha value is -1.26. The Labute approximate surface area is 103 Å². The third kappa shape index (κ3) is 3.11. The van der Waals surface area contributed by atoms with Crippen molar-refractivity contribution in [3.05, 3.63) is 23.3 Å². The van der Waals surface area contributed by atoms with Crippen LogP contribution in [0.15, 0.2) is 12.1 Å². The maximum Gasteiger partial charge on any atom is 0.161 e. The van der Waals surface area contributed by atoms with Gasteiger partial charge in [0.05, 0.1) is 14.2 Å². The molecule has 0 aromatic heterocycles. The zero-order valence-corrected chi connectivity index (χ0v) is 11.3. The Balaban J connectivity index is 3.14. The molecule has 0 spiro atoms. The van der Waals surface area contributed by atoms with Gasteiger partial charge in [0.2, 0.25) is 0 Å². The molecule has 0 aliphatic heterocycles. The summed E-state index contributed by atoms with van der Waals surface area (Å²) in [5, 5.41) is 6.47. The molecule has 1 atom stereocenters. The van der Waals surface area contributed by atoms with Crippen LogP contribution in [0.3, 0.4) is 0 Å². The van der Waals surface area contributed by atoms with Crippen molar-refractivity contribution in [1.29, 1.82) is 0 Å². The van der Waals surface area contributed by atoms with Crippen molar-refractivity contribution in [3.63, 3.8) is 0 Å². The Morgan fingerprint density at radius 2 is 1.71 bits per heavy atom. The Morgan fingerprint density at radius 3 is 2.18 bits per heavy atom. The molecule has 0 aliphatic carbocycles. The lowest BCUT2D eigenvalue weighted by atomic mass is 10.0. The van der Waals surface area contributed by atoms with Crippen LogP contribution in [0.2, 0.25) is 0 Å². The predicted octanol–water partition coefficient (Wildman–Crippen LogP) is 1.49. The van der Waals surface area contributed by atoms with Crippen LogP contribution >= 0.6 is 0 Å². The van der Waals surface area contributed by atoms with Crippen LogP contribution in [-0.4, -0.2) is 34.9 Å². The Kier molecular flexibility index (Phi) is 5.25. The van der Waals surface area contributed by atoms with Crippen LogP contribution in [0.5, 0.6) is 11.5 Å². The van der Waals surface area contributed by atoms with Crippen molar-refractivity contribution in [2.75, 3.05) is 34.9 Å². The highest BCUT2D eigenvalue weighted by atomic mass is 16.5. The lowest BCUT2D eigenvalue weighted by Gasteiger charge is -2.20. The highest BCUT2D eigenvalue weighted by Crippen LogP contribution is 2.32. The van der Waals surface area contributed by atoms with E-state index in [0.717, 1.165) is 18.0 Å². The van der Waals surface area contributed by atoms with Gasteiger partial charge in [-0.25, -0.2) is 0 Å².